The van der Waals surface area contributed by atoms with E-state index in [9.17, 15) is 17.6 Å². The molecule has 0 radical (unpaired) electrons. The highest BCUT2D eigenvalue weighted by atomic mass is 19.3. The largest absolute Gasteiger partial charge is 0.429 e. The number of ether oxygens (including phenoxy) is 1. The average Bonchev–Trinajstić information content (AvgIpc) is 2.79. The van der Waals surface area contributed by atoms with E-state index in [1.807, 2.05) is 0 Å². The lowest BCUT2D eigenvalue weighted by atomic mass is 9.68. The van der Waals surface area contributed by atoms with Crippen LogP contribution in [0.1, 0.15) is 102 Å². The van der Waals surface area contributed by atoms with Crippen LogP contribution in [-0.4, -0.2) is 6.61 Å². The van der Waals surface area contributed by atoms with Crippen LogP contribution >= 0.6 is 0 Å². The lowest BCUT2D eigenvalue weighted by Crippen LogP contribution is -2.25. The molecule has 0 unspecified atom stereocenters. The molecular formula is C27H38F4O. The Morgan fingerprint density at radius 1 is 0.875 bits per heavy atom. The normalized spacial score (nSPS) is 26.7. The molecule has 0 bridgehead atoms. The Kier molecular flexibility index (Phi) is 9.92. The minimum atomic E-state index is -3.24. The molecule has 0 amide bonds. The lowest BCUT2D eigenvalue weighted by Gasteiger charge is -2.38. The molecule has 0 aromatic heterocycles. The van der Waals surface area contributed by atoms with Crippen LogP contribution in [0.4, 0.5) is 17.6 Å². The molecule has 1 aromatic rings. The third kappa shape index (κ3) is 7.25. The highest BCUT2D eigenvalue weighted by Gasteiger charge is 2.32. The van der Waals surface area contributed by atoms with Crippen molar-refractivity contribution in [3.05, 3.63) is 41.5 Å². The van der Waals surface area contributed by atoms with E-state index < -0.39 is 24.0 Å². The predicted molar refractivity (Wildman–Crippen MR) is 121 cm³/mol. The summed E-state index contributed by atoms with van der Waals surface area (Å²) in [6.07, 6.45) is 20.2. The number of rotatable bonds is 10. The predicted octanol–water partition coefficient (Wildman–Crippen LogP) is 9.17. The monoisotopic (exact) mass is 454 g/mol. The van der Waals surface area contributed by atoms with Crippen molar-refractivity contribution in [1.82, 2.24) is 0 Å². The Labute approximate surface area is 190 Å². The van der Waals surface area contributed by atoms with Crippen molar-refractivity contribution >= 4 is 0 Å². The first-order chi connectivity index (χ1) is 15.5. The van der Waals surface area contributed by atoms with Gasteiger partial charge in [0.05, 0.1) is 0 Å². The standard InChI is InChI=1S/C27H38F4O/c1-2-3-4-5-6-7-8-19-9-11-20(12-10-19)21-13-15-22(16-14-21)23-17-24(28)26(25(29)18-23)32-27(30)31/h3-4,17-22,27H,2,5-16H2,1H3/b4-3+. The molecule has 0 N–H and O–H groups in total. The third-order valence-electron chi connectivity index (χ3n) is 7.66. The summed E-state index contributed by atoms with van der Waals surface area (Å²) in [5.41, 5.74) is 0.567. The van der Waals surface area contributed by atoms with E-state index in [2.05, 4.69) is 23.8 Å². The smallest absolute Gasteiger partial charge is 0.387 e. The van der Waals surface area contributed by atoms with Crippen LogP contribution in [0.3, 0.4) is 0 Å². The van der Waals surface area contributed by atoms with Crippen molar-refractivity contribution in [3.8, 4) is 5.75 Å². The van der Waals surface area contributed by atoms with Crippen LogP contribution in [-0.2, 0) is 0 Å². The van der Waals surface area contributed by atoms with Crippen LogP contribution in [0.15, 0.2) is 24.3 Å². The number of hydrogen-bond donors (Lipinski definition) is 0. The van der Waals surface area contributed by atoms with E-state index >= 15 is 0 Å². The molecule has 2 fully saturated rings. The minimum Gasteiger partial charge on any atom is -0.429 e. The second-order valence-electron chi connectivity index (χ2n) is 9.75. The molecule has 180 valence electrons. The van der Waals surface area contributed by atoms with Crippen LogP contribution < -0.4 is 4.74 Å². The number of halogens is 4. The number of hydrogen-bond acceptors (Lipinski definition) is 1. The van der Waals surface area contributed by atoms with Gasteiger partial charge >= 0.3 is 6.61 Å². The van der Waals surface area contributed by atoms with Crippen LogP contribution in [0.5, 0.6) is 5.75 Å². The topological polar surface area (TPSA) is 9.23 Å². The van der Waals surface area contributed by atoms with Gasteiger partial charge in [0.2, 0.25) is 0 Å². The van der Waals surface area contributed by atoms with Gasteiger partial charge in [0.15, 0.2) is 17.4 Å². The fraction of sp³-hybridized carbons (Fsp3) is 0.704. The molecule has 1 aromatic carbocycles. The fourth-order valence-electron chi connectivity index (χ4n) is 5.87. The Hall–Kier alpha value is -1.52. The van der Waals surface area contributed by atoms with Gasteiger partial charge in [0.1, 0.15) is 0 Å². The molecule has 0 heterocycles. The van der Waals surface area contributed by atoms with Gasteiger partial charge in [0, 0.05) is 0 Å². The quantitative estimate of drug-likeness (QED) is 0.194. The molecule has 0 spiro atoms. The molecule has 0 atom stereocenters. The maximum atomic E-state index is 14.1. The molecule has 32 heavy (non-hydrogen) atoms. The number of alkyl halides is 2. The van der Waals surface area contributed by atoms with E-state index in [1.165, 1.54) is 63.5 Å². The van der Waals surface area contributed by atoms with Crippen LogP contribution in [0.2, 0.25) is 0 Å². The van der Waals surface area contributed by atoms with Gasteiger partial charge in [-0.1, -0.05) is 44.8 Å². The second kappa shape index (κ2) is 12.6. The maximum absolute atomic E-state index is 14.1. The summed E-state index contributed by atoms with van der Waals surface area (Å²) in [6, 6.07) is 2.35. The summed E-state index contributed by atoms with van der Waals surface area (Å²) < 4.78 is 56.9. The number of unbranched alkanes of at least 4 members (excludes halogenated alkanes) is 2. The molecule has 0 aliphatic heterocycles. The molecule has 1 nitrogen and oxygen atoms in total. The molecule has 3 rings (SSSR count). The van der Waals surface area contributed by atoms with Crippen molar-refractivity contribution in [3.63, 3.8) is 0 Å². The lowest BCUT2D eigenvalue weighted by molar-refractivity contribution is -0.0546. The van der Waals surface area contributed by atoms with Crippen LogP contribution in [0.25, 0.3) is 0 Å². The summed E-state index contributed by atoms with van der Waals surface area (Å²) in [6.45, 7) is -1.06. The van der Waals surface area contributed by atoms with Crippen molar-refractivity contribution < 1.29 is 22.3 Å². The molecule has 2 aliphatic carbocycles. The van der Waals surface area contributed by atoms with E-state index in [-0.39, 0.29) is 5.92 Å². The maximum Gasteiger partial charge on any atom is 0.387 e. The van der Waals surface area contributed by atoms with E-state index in [1.54, 1.807) is 0 Å². The Balaban J connectivity index is 1.40. The molecule has 0 saturated heterocycles. The summed E-state index contributed by atoms with van der Waals surface area (Å²) in [4.78, 5) is 0. The van der Waals surface area contributed by atoms with Gasteiger partial charge < -0.3 is 4.74 Å². The van der Waals surface area contributed by atoms with Crippen LogP contribution in [0, 0.1) is 29.4 Å². The highest BCUT2D eigenvalue weighted by Crippen LogP contribution is 2.45. The third-order valence-corrected chi connectivity index (χ3v) is 7.66. The SMILES string of the molecule is CC/C=C/CCCCC1CCC(C2CCC(c3cc(F)c(OC(F)F)c(F)c3)CC2)CC1. The number of allylic oxidation sites excluding steroid dienone is 2. The second-order valence-corrected chi connectivity index (χ2v) is 9.75. The first-order valence-corrected chi connectivity index (χ1v) is 12.6. The van der Waals surface area contributed by atoms with Gasteiger partial charge in [-0.3, -0.25) is 0 Å². The van der Waals surface area contributed by atoms with Gasteiger partial charge in [-0.15, -0.1) is 0 Å². The zero-order chi connectivity index (χ0) is 22.9. The van der Waals surface area contributed by atoms with Crippen molar-refractivity contribution in [2.45, 2.75) is 103 Å². The molecule has 2 aliphatic rings. The average molecular weight is 455 g/mol. The van der Waals surface area contributed by atoms with Gasteiger partial charge in [0.25, 0.3) is 0 Å². The first-order valence-electron chi connectivity index (χ1n) is 12.6. The van der Waals surface area contributed by atoms with Gasteiger partial charge in [-0.2, -0.15) is 8.78 Å². The highest BCUT2D eigenvalue weighted by molar-refractivity contribution is 5.33. The Morgan fingerprint density at radius 3 is 2.03 bits per heavy atom. The molecular weight excluding hydrogens is 416 g/mol. The van der Waals surface area contributed by atoms with Crippen molar-refractivity contribution in [2.24, 2.45) is 17.8 Å². The van der Waals surface area contributed by atoms with E-state index in [0.29, 0.717) is 11.5 Å². The zero-order valence-corrected chi connectivity index (χ0v) is 19.3. The van der Waals surface area contributed by atoms with Crippen molar-refractivity contribution in [2.75, 3.05) is 0 Å². The summed E-state index contributed by atoms with van der Waals surface area (Å²) >= 11 is 0. The number of benzene rings is 1. The van der Waals surface area contributed by atoms with E-state index in [0.717, 1.165) is 43.9 Å². The molecule has 2 saturated carbocycles. The Bertz CT molecular complexity index is 693. The summed E-state index contributed by atoms with van der Waals surface area (Å²) in [5.74, 6) is -0.583. The fourth-order valence-corrected chi connectivity index (χ4v) is 5.87. The van der Waals surface area contributed by atoms with Gasteiger partial charge in [-0.25, -0.2) is 8.78 Å². The first kappa shape index (κ1) is 25.1. The Morgan fingerprint density at radius 2 is 1.47 bits per heavy atom. The van der Waals surface area contributed by atoms with Gasteiger partial charge in [-0.05, 0) is 99.2 Å². The van der Waals surface area contributed by atoms with Crippen molar-refractivity contribution in [1.29, 1.82) is 0 Å². The van der Waals surface area contributed by atoms with E-state index in [4.69, 9.17) is 0 Å². The summed E-state index contributed by atoms with van der Waals surface area (Å²) in [5, 5.41) is 0. The summed E-state index contributed by atoms with van der Waals surface area (Å²) in [7, 11) is 0. The molecule has 5 heteroatoms. The minimum absolute atomic E-state index is 0.0916. The zero-order valence-electron chi connectivity index (χ0n) is 19.3.